The summed E-state index contributed by atoms with van der Waals surface area (Å²) in [6.07, 6.45) is 12.5. The highest BCUT2D eigenvalue weighted by Crippen LogP contribution is 2.70. The minimum Gasteiger partial charge on any atom is -0.393 e. The second-order valence-electron chi connectivity index (χ2n) is 13.1. The number of aliphatic hydroxyl groups excluding tert-OH is 1. The van der Waals surface area contributed by atoms with Gasteiger partial charge in [-0.25, -0.2) is 0 Å². The van der Waals surface area contributed by atoms with E-state index in [9.17, 15) is 5.11 Å². The quantitative estimate of drug-likeness (QED) is 0.618. The molecule has 4 aliphatic carbocycles. The zero-order chi connectivity index (χ0) is 20.8. The first-order valence-corrected chi connectivity index (χ1v) is 13.3. The fourth-order valence-electron chi connectivity index (χ4n) is 10.3. The van der Waals surface area contributed by atoms with Gasteiger partial charge in [-0.3, -0.25) is 0 Å². The number of aliphatic hydroxyl groups is 1. The van der Waals surface area contributed by atoms with Crippen molar-refractivity contribution in [3.8, 4) is 0 Å². The molecule has 0 unspecified atom stereocenters. The van der Waals surface area contributed by atoms with Gasteiger partial charge >= 0.3 is 0 Å². The van der Waals surface area contributed by atoms with Crippen molar-refractivity contribution in [3.05, 3.63) is 0 Å². The molecule has 6 rings (SSSR count). The Morgan fingerprint density at radius 2 is 1.63 bits per heavy atom. The molecule has 1 N–H and O–H groups in total. The summed E-state index contributed by atoms with van der Waals surface area (Å²) in [6, 6.07) is 0. The molecule has 4 saturated carbocycles. The van der Waals surface area contributed by atoms with E-state index in [1.54, 1.807) is 0 Å². The van der Waals surface area contributed by atoms with Crippen LogP contribution < -0.4 is 0 Å². The highest BCUT2D eigenvalue weighted by molar-refractivity contribution is 5.14. The fraction of sp³-hybridized carbons (Fsp3) is 1.00. The van der Waals surface area contributed by atoms with Gasteiger partial charge in [0.05, 0.1) is 24.4 Å². The summed E-state index contributed by atoms with van der Waals surface area (Å²) in [7, 11) is 0. The predicted octanol–water partition coefficient (Wildman–Crippen LogP) is 5.44. The highest BCUT2D eigenvalue weighted by Gasteiger charge is 2.66. The van der Waals surface area contributed by atoms with Crippen molar-refractivity contribution in [2.24, 2.45) is 52.3 Å². The zero-order valence-electron chi connectivity index (χ0n) is 19.7. The Labute approximate surface area is 183 Å². The van der Waals surface area contributed by atoms with E-state index in [0.29, 0.717) is 41.0 Å². The van der Waals surface area contributed by atoms with Crippen LogP contribution in [0.5, 0.6) is 0 Å². The van der Waals surface area contributed by atoms with Crippen LogP contribution in [0.15, 0.2) is 0 Å². The highest BCUT2D eigenvalue weighted by atomic mass is 16.6. The third kappa shape index (κ3) is 2.73. The molecule has 3 heteroatoms. The van der Waals surface area contributed by atoms with Crippen LogP contribution in [0.25, 0.3) is 0 Å². The predicted molar refractivity (Wildman–Crippen MR) is 118 cm³/mol. The molecule has 2 aliphatic heterocycles. The van der Waals surface area contributed by atoms with E-state index in [0.717, 1.165) is 49.0 Å². The van der Waals surface area contributed by atoms with E-state index >= 15 is 0 Å². The molecule has 170 valence electrons. The molecule has 0 aromatic rings. The monoisotopic (exact) mass is 416 g/mol. The summed E-state index contributed by atoms with van der Waals surface area (Å²) in [5.74, 6) is 5.43. The van der Waals surface area contributed by atoms with Gasteiger partial charge in [0.2, 0.25) is 0 Å². The first-order valence-electron chi connectivity index (χ1n) is 13.3. The third-order valence-electron chi connectivity index (χ3n) is 11.7. The lowest BCUT2D eigenvalue weighted by atomic mass is 9.44. The standard InChI is InChI=1S/C27H44O3/c1-15-11-23(29-14-15)25-16(2)24-22(30-25)13-21-19-6-5-17-12-18(28)7-9-26(17,3)20(19)8-10-27(21,24)4/h15-25,28H,5-14H2,1-4H3/t15-,16+,17+,18+,19-,20+,21+,22+,23-,24+,25+,26+,27+/m1/s1. The molecule has 6 fully saturated rings. The molecule has 2 heterocycles. The molecule has 13 atom stereocenters. The van der Waals surface area contributed by atoms with E-state index in [2.05, 4.69) is 27.7 Å². The van der Waals surface area contributed by atoms with Gasteiger partial charge in [-0.1, -0.05) is 27.7 Å². The molecule has 30 heavy (non-hydrogen) atoms. The Kier molecular flexibility index (Phi) is 4.74. The van der Waals surface area contributed by atoms with E-state index in [1.165, 1.54) is 44.9 Å². The number of hydrogen-bond acceptors (Lipinski definition) is 3. The van der Waals surface area contributed by atoms with Crippen LogP contribution in [0, 0.1) is 52.3 Å². The lowest BCUT2D eigenvalue weighted by Gasteiger charge is -2.61. The third-order valence-corrected chi connectivity index (χ3v) is 11.7. The summed E-state index contributed by atoms with van der Waals surface area (Å²) in [5.41, 5.74) is 0.936. The first kappa shape index (κ1) is 20.5. The van der Waals surface area contributed by atoms with Crippen molar-refractivity contribution in [2.75, 3.05) is 6.61 Å². The van der Waals surface area contributed by atoms with Gasteiger partial charge in [0, 0.05) is 6.61 Å². The van der Waals surface area contributed by atoms with Crippen molar-refractivity contribution < 1.29 is 14.6 Å². The summed E-state index contributed by atoms with van der Waals surface area (Å²) < 4.78 is 13.0. The SMILES string of the molecule is C[C@H]1CO[C@@H]([C@H]2O[C@H]3C[C@H]4[C@@H]5CC[C@H]6C[C@@H](O)CC[C@]6(C)[C@H]5CC[C@]4(C)[C@H]3[C@@H]2C)C1. The Morgan fingerprint density at radius 1 is 0.833 bits per heavy atom. The van der Waals surface area contributed by atoms with Gasteiger partial charge in [0.15, 0.2) is 0 Å². The minimum atomic E-state index is -0.0361. The van der Waals surface area contributed by atoms with E-state index in [-0.39, 0.29) is 6.10 Å². The van der Waals surface area contributed by atoms with Gasteiger partial charge in [0.1, 0.15) is 0 Å². The zero-order valence-corrected chi connectivity index (χ0v) is 19.7. The van der Waals surface area contributed by atoms with Crippen LogP contribution in [0.3, 0.4) is 0 Å². The molecule has 0 spiro atoms. The van der Waals surface area contributed by atoms with E-state index in [4.69, 9.17) is 9.47 Å². The summed E-state index contributed by atoms with van der Waals surface area (Å²) in [4.78, 5) is 0. The average Bonchev–Trinajstić information content (AvgIpc) is 3.36. The normalized spacial score (nSPS) is 62.5. The van der Waals surface area contributed by atoms with Crippen LogP contribution >= 0.6 is 0 Å². The molecular formula is C27H44O3. The lowest BCUT2D eigenvalue weighted by Crippen LogP contribution is -2.54. The second kappa shape index (κ2) is 6.94. The smallest absolute Gasteiger partial charge is 0.0869 e. The van der Waals surface area contributed by atoms with Crippen molar-refractivity contribution in [1.82, 2.24) is 0 Å². The van der Waals surface area contributed by atoms with Crippen LogP contribution in [0.1, 0.15) is 85.5 Å². The molecule has 0 bridgehead atoms. The Hall–Kier alpha value is -0.120. The number of fused-ring (bicyclic) bond motifs is 7. The maximum atomic E-state index is 10.3. The molecule has 2 saturated heterocycles. The molecule has 0 radical (unpaired) electrons. The fourth-order valence-corrected chi connectivity index (χ4v) is 10.3. The van der Waals surface area contributed by atoms with Crippen LogP contribution in [-0.2, 0) is 9.47 Å². The largest absolute Gasteiger partial charge is 0.393 e. The van der Waals surface area contributed by atoms with Gasteiger partial charge in [-0.2, -0.15) is 0 Å². The Bertz CT molecular complexity index is 679. The number of ether oxygens (including phenoxy) is 2. The second-order valence-corrected chi connectivity index (χ2v) is 13.1. The van der Waals surface area contributed by atoms with Crippen molar-refractivity contribution in [2.45, 2.75) is 110 Å². The Morgan fingerprint density at radius 3 is 2.40 bits per heavy atom. The minimum absolute atomic E-state index is 0.0361. The first-order chi connectivity index (χ1) is 14.3. The van der Waals surface area contributed by atoms with Gasteiger partial charge in [0.25, 0.3) is 0 Å². The van der Waals surface area contributed by atoms with E-state index < -0.39 is 0 Å². The van der Waals surface area contributed by atoms with Gasteiger partial charge < -0.3 is 14.6 Å². The molecular weight excluding hydrogens is 372 g/mol. The maximum absolute atomic E-state index is 10.3. The van der Waals surface area contributed by atoms with Crippen LogP contribution in [-0.4, -0.2) is 36.1 Å². The average molecular weight is 417 g/mol. The van der Waals surface area contributed by atoms with Crippen LogP contribution in [0.2, 0.25) is 0 Å². The number of hydrogen-bond donors (Lipinski definition) is 1. The van der Waals surface area contributed by atoms with Crippen LogP contribution in [0.4, 0.5) is 0 Å². The van der Waals surface area contributed by atoms with Crippen molar-refractivity contribution >= 4 is 0 Å². The van der Waals surface area contributed by atoms with E-state index in [1.807, 2.05) is 0 Å². The molecule has 0 aromatic heterocycles. The molecule has 0 aromatic carbocycles. The lowest BCUT2D eigenvalue weighted by molar-refractivity contribution is -0.132. The van der Waals surface area contributed by atoms with Gasteiger partial charge in [-0.05, 0) is 110 Å². The molecule has 0 amide bonds. The molecule has 6 aliphatic rings. The summed E-state index contributed by atoms with van der Waals surface area (Å²) >= 11 is 0. The topological polar surface area (TPSA) is 38.7 Å². The number of rotatable bonds is 1. The Balaban J connectivity index is 1.23. The summed E-state index contributed by atoms with van der Waals surface area (Å²) in [6.45, 7) is 11.0. The molecule has 3 nitrogen and oxygen atoms in total. The summed E-state index contributed by atoms with van der Waals surface area (Å²) in [5, 5.41) is 10.3. The van der Waals surface area contributed by atoms with Gasteiger partial charge in [-0.15, -0.1) is 0 Å². The van der Waals surface area contributed by atoms with Crippen molar-refractivity contribution in [1.29, 1.82) is 0 Å². The van der Waals surface area contributed by atoms with Crippen molar-refractivity contribution in [3.63, 3.8) is 0 Å². The maximum Gasteiger partial charge on any atom is 0.0869 e.